The molecule has 0 saturated carbocycles. The zero-order chi connectivity index (χ0) is 17.0. The zero-order valence-corrected chi connectivity index (χ0v) is 13.6. The number of nitrogens with one attached hydrogen (secondary N) is 1. The molecule has 0 aromatic heterocycles. The van der Waals surface area contributed by atoms with E-state index in [0.29, 0.717) is 5.69 Å². The van der Waals surface area contributed by atoms with Crippen molar-refractivity contribution in [3.8, 4) is 0 Å². The number of likely N-dealkylation sites (tertiary alicyclic amines) is 1. The molecule has 8 heteroatoms. The van der Waals surface area contributed by atoms with Gasteiger partial charge in [0.1, 0.15) is 5.02 Å². The zero-order valence-electron chi connectivity index (χ0n) is 12.9. The Morgan fingerprint density at radius 1 is 1.52 bits per heavy atom. The van der Waals surface area contributed by atoms with E-state index in [9.17, 15) is 20.0 Å². The van der Waals surface area contributed by atoms with Gasteiger partial charge in [-0.15, -0.1) is 0 Å². The van der Waals surface area contributed by atoms with Crippen LogP contribution < -0.4 is 5.32 Å². The molecule has 1 aromatic carbocycles. The van der Waals surface area contributed by atoms with Crippen molar-refractivity contribution in [3.05, 3.63) is 33.3 Å². The Bertz CT molecular complexity index is 596. The number of benzene rings is 1. The third-order valence-electron chi connectivity index (χ3n) is 4.16. The molecule has 2 atom stereocenters. The number of nitro groups is 1. The van der Waals surface area contributed by atoms with Crippen molar-refractivity contribution in [1.29, 1.82) is 0 Å². The maximum atomic E-state index is 12.2. The predicted octanol–water partition coefficient (Wildman–Crippen LogP) is 2.42. The van der Waals surface area contributed by atoms with Crippen LogP contribution >= 0.6 is 11.6 Å². The lowest BCUT2D eigenvalue weighted by atomic mass is 9.97. The third-order valence-corrected chi connectivity index (χ3v) is 4.48. The van der Waals surface area contributed by atoms with Gasteiger partial charge in [0.15, 0.2) is 0 Å². The normalized spacial score (nSPS) is 21.9. The van der Waals surface area contributed by atoms with Gasteiger partial charge >= 0.3 is 0 Å². The highest BCUT2D eigenvalue weighted by atomic mass is 35.5. The molecular formula is C15H20ClN3O4. The maximum absolute atomic E-state index is 12.2. The Morgan fingerprint density at radius 2 is 2.26 bits per heavy atom. The quantitative estimate of drug-likeness (QED) is 0.633. The molecule has 126 valence electrons. The number of carbonyl (C=O) groups excluding carboxylic acids is 1. The van der Waals surface area contributed by atoms with Gasteiger partial charge in [0.25, 0.3) is 5.69 Å². The number of hydrogen-bond acceptors (Lipinski definition) is 5. The molecule has 2 N–H and O–H groups in total. The minimum absolute atomic E-state index is 0.0179. The summed E-state index contributed by atoms with van der Waals surface area (Å²) in [6.45, 7) is 2.19. The highest BCUT2D eigenvalue weighted by Gasteiger charge is 2.28. The smallest absolute Gasteiger partial charge is 0.289 e. The molecule has 0 aliphatic carbocycles. The number of aliphatic hydroxyl groups is 1. The molecule has 1 amide bonds. The van der Waals surface area contributed by atoms with E-state index in [0.717, 1.165) is 19.3 Å². The molecular weight excluding hydrogens is 322 g/mol. The van der Waals surface area contributed by atoms with E-state index in [1.54, 1.807) is 0 Å². The van der Waals surface area contributed by atoms with Crippen molar-refractivity contribution in [2.24, 2.45) is 0 Å². The first-order chi connectivity index (χ1) is 10.9. The summed E-state index contributed by atoms with van der Waals surface area (Å²) < 4.78 is 0. The second-order valence-corrected chi connectivity index (χ2v) is 6.17. The largest absolute Gasteiger partial charge is 0.395 e. The van der Waals surface area contributed by atoms with Gasteiger partial charge in [-0.05, 0) is 31.9 Å². The number of hydrogen-bond donors (Lipinski definition) is 2. The molecule has 1 saturated heterocycles. The van der Waals surface area contributed by atoms with Crippen molar-refractivity contribution in [2.45, 2.75) is 38.3 Å². The van der Waals surface area contributed by atoms with Crippen molar-refractivity contribution >= 4 is 28.9 Å². The van der Waals surface area contributed by atoms with Crippen molar-refractivity contribution < 1.29 is 14.8 Å². The molecule has 1 aliphatic heterocycles. The summed E-state index contributed by atoms with van der Waals surface area (Å²) >= 11 is 5.75. The lowest BCUT2D eigenvalue weighted by Gasteiger charge is -2.39. The predicted molar refractivity (Wildman–Crippen MR) is 87.6 cm³/mol. The van der Waals surface area contributed by atoms with Crippen LogP contribution in [-0.4, -0.2) is 46.1 Å². The SMILES string of the molecule is CC1CCCC(CO)N1CC(=O)Nc1ccc(Cl)c([N+](=O)[O-])c1. The van der Waals surface area contributed by atoms with E-state index in [2.05, 4.69) is 5.32 Å². The van der Waals surface area contributed by atoms with Gasteiger partial charge in [0.2, 0.25) is 5.91 Å². The van der Waals surface area contributed by atoms with Crippen molar-refractivity contribution in [1.82, 2.24) is 4.90 Å². The fraction of sp³-hybridized carbons (Fsp3) is 0.533. The van der Waals surface area contributed by atoms with Gasteiger partial charge in [-0.1, -0.05) is 18.0 Å². The van der Waals surface area contributed by atoms with Crippen LogP contribution in [0.2, 0.25) is 5.02 Å². The molecule has 7 nitrogen and oxygen atoms in total. The topological polar surface area (TPSA) is 95.7 Å². The second-order valence-electron chi connectivity index (χ2n) is 5.76. The molecule has 0 bridgehead atoms. The van der Waals surface area contributed by atoms with Crippen LogP contribution in [0.25, 0.3) is 0 Å². The van der Waals surface area contributed by atoms with Crippen LogP contribution in [0.5, 0.6) is 0 Å². The van der Waals surface area contributed by atoms with Crippen LogP contribution in [0.4, 0.5) is 11.4 Å². The van der Waals surface area contributed by atoms with Gasteiger partial charge in [-0.3, -0.25) is 19.8 Å². The summed E-state index contributed by atoms with van der Waals surface area (Å²) in [6, 6.07) is 4.34. The average molecular weight is 342 g/mol. The number of amides is 1. The van der Waals surface area contributed by atoms with Crippen LogP contribution in [0.3, 0.4) is 0 Å². The first kappa shape index (κ1) is 17.7. The van der Waals surface area contributed by atoms with Crippen molar-refractivity contribution in [2.75, 3.05) is 18.5 Å². The first-order valence-corrected chi connectivity index (χ1v) is 7.90. The highest BCUT2D eigenvalue weighted by Crippen LogP contribution is 2.27. The average Bonchev–Trinajstić information content (AvgIpc) is 2.51. The summed E-state index contributed by atoms with van der Waals surface area (Å²) in [6.07, 6.45) is 2.88. The monoisotopic (exact) mass is 341 g/mol. The van der Waals surface area contributed by atoms with Gasteiger partial charge < -0.3 is 10.4 Å². The highest BCUT2D eigenvalue weighted by molar-refractivity contribution is 6.32. The molecule has 23 heavy (non-hydrogen) atoms. The number of piperidine rings is 1. The Kier molecular flexibility index (Phi) is 5.92. The number of nitro benzene ring substituents is 1. The maximum Gasteiger partial charge on any atom is 0.289 e. The summed E-state index contributed by atoms with van der Waals surface area (Å²) in [4.78, 5) is 24.5. The number of nitrogens with zero attached hydrogens (tertiary/aromatic N) is 2. The molecule has 1 aromatic rings. The van der Waals surface area contributed by atoms with Crippen LogP contribution in [0, 0.1) is 10.1 Å². The Labute approximate surface area is 139 Å². The number of aliphatic hydroxyl groups excluding tert-OH is 1. The number of anilines is 1. The fourth-order valence-corrected chi connectivity index (χ4v) is 3.10. The molecule has 0 spiro atoms. The van der Waals surface area contributed by atoms with Crippen LogP contribution in [0.15, 0.2) is 18.2 Å². The van der Waals surface area contributed by atoms with E-state index < -0.39 is 4.92 Å². The summed E-state index contributed by atoms with van der Waals surface area (Å²) in [5, 5.41) is 23.0. The second kappa shape index (κ2) is 7.72. The molecule has 1 heterocycles. The lowest BCUT2D eigenvalue weighted by molar-refractivity contribution is -0.384. The Hall–Kier alpha value is -1.70. The molecule has 1 aliphatic rings. The van der Waals surface area contributed by atoms with E-state index in [4.69, 9.17) is 11.6 Å². The Morgan fingerprint density at radius 3 is 2.91 bits per heavy atom. The standard InChI is InChI=1S/C15H20ClN3O4/c1-10-3-2-4-12(9-20)18(10)8-15(21)17-11-5-6-13(16)14(7-11)19(22)23/h5-7,10,12,20H,2-4,8-9H2,1H3,(H,17,21). The molecule has 2 rings (SSSR count). The molecule has 1 fully saturated rings. The summed E-state index contributed by atoms with van der Waals surface area (Å²) in [5.74, 6) is -0.270. The first-order valence-electron chi connectivity index (χ1n) is 7.52. The summed E-state index contributed by atoms with van der Waals surface area (Å²) in [7, 11) is 0. The van der Waals surface area contributed by atoms with Crippen LogP contribution in [-0.2, 0) is 4.79 Å². The van der Waals surface area contributed by atoms with Gasteiger partial charge in [0, 0.05) is 23.8 Å². The minimum Gasteiger partial charge on any atom is -0.395 e. The molecule has 0 radical (unpaired) electrons. The van der Waals surface area contributed by atoms with E-state index in [1.165, 1.54) is 18.2 Å². The van der Waals surface area contributed by atoms with Gasteiger partial charge in [-0.25, -0.2) is 0 Å². The number of halogens is 1. The van der Waals surface area contributed by atoms with Gasteiger partial charge in [0.05, 0.1) is 18.1 Å². The molecule has 2 unspecified atom stereocenters. The fourth-order valence-electron chi connectivity index (χ4n) is 2.92. The Balaban J connectivity index is 2.04. The van der Waals surface area contributed by atoms with Gasteiger partial charge in [-0.2, -0.15) is 0 Å². The number of carbonyl (C=O) groups is 1. The minimum atomic E-state index is -0.591. The van der Waals surface area contributed by atoms with Crippen LogP contribution in [0.1, 0.15) is 26.2 Å². The van der Waals surface area contributed by atoms with E-state index in [-0.39, 0.29) is 41.9 Å². The third kappa shape index (κ3) is 4.40. The van der Waals surface area contributed by atoms with Crippen molar-refractivity contribution in [3.63, 3.8) is 0 Å². The van der Waals surface area contributed by atoms with E-state index >= 15 is 0 Å². The lowest BCUT2D eigenvalue weighted by Crippen LogP contribution is -2.50. The summed E-state index contributed by atoms with van der Waals surface area (Å²) in [5.41, 5.74) is 0.0837. The van der Waals surface area contributed by atoms with E-state index in [1.807, 2.05) is 11.8 Å². The number of rotatable bonds is 5.